The zero-order chi connectivity index (χ0) is 15.0. The molecule has 0 saturated carbocycles. The molecule has 0 aliphatic carbocycles. The number of ether oxygens (including phenoxy) is 2. The van der Waals surface area contributed by atoms with Crippen molar-refractivity contribution in [1.82, 2.24) is 5.32 Å². The van der Waals surface area contributed by atoms with Crippen molar-refractivity contribution in [3.63, 3.8) is 0 Å². The molecule has 0 spiro atoms. The summed E-state index contributed by atoms with van der Waals surface area (Å²) >= 11 is 0. The molecule has 0 heterocycles. The number of rotatable bonds is 9. The first kappa shape index (κ1) is 16.3. The highest BCUT2D eigenvalue weighted by molar-refractivity contribution is 5.78. The molecule has 0 saturated heterocycles. The zero-order valence-corrected chi connectivity index (χ0v) is 12.3. The Labute approximate surface area is 119 Å². The minimum absolute atomic E-state index is 0.0658. The van der Waals surface area contributed by atoms with E-state index in [1.807, 2.05) is 13.8 Å². The molecular weight excluding hydrogens is 258 g/mol. The van der Waals surface area contributed by atoms with Crippen LogP contribution in [0.5, 0.6) is 11.5 Å². The molecule has 1 rings (SSSR count). The number of carboxylic acids is 1. The van der Waals surface area contributed by atoms with Crippen LogP contribution in [-0.4, -0.2) is 36.4 Å². The highest BCUT2D eigenvalue weighted by Gasteiger charge is 2.33. The van der Waals surface area contributed by atoms with E-state index in [4.69, 9.17) is 9.47 Å². The summed E-state index contributed by atoms with van der Waals surface area (Å²) in [6.45, 7) is 6.84. The fraction of sp³-hybridized carbons (Fsp3) is 0.533. The Morgan fingerprint density at radius 3 is 2.20 bits per heavy atom. The summed E-state index contributed by atoms with van der Waals surface area (Å²) < 4.78 is 10.9. The first-order valence-electron chi connectivity index (χ1n) is 6.86. The molecule has 1 atom stereocenters. The van der Waals surface area contributed by atoms with E-state index >= 15 is 0 Å². The lowest BCUT2D eigenvalue weighted by Crippen LogP contribution is -2.54. The average molecular weight is 281 g/mol. The Morgan fingerprint density at radius 1 is 1.20 bits per heavy atom. The molecule has 0 aliphatic rings. The topological polar surface area (TPSA) is 67.8 Å². The van der Waals surface area contributed by atoms with Crippen LogP contribution in [0.15, 0.2) is 24.3 Å². The van der Waals surface area contributed by atoms with Gasteiger partial charge in [0.15, 0.2) is 0 Å². The van der Waals surface area contributed by atoms with Crippen LogP contribution in [0.4, 0.5) is 0 Å². The van der Waals surface area contributed by atoms with Crippen LogP contribution in [0, 0.1) is 0 Å². The van der Waals surface area contributed by atoms with Crippen molar-refractivity contribution in [1.29, 1.82) is 0 Å². The molecular formula is C15H23NO4. The van der Waals surface area contributed by atoms with Crippen LogP contribution in [0.1, 0.15) is 27.2 Å². The molecule has 0 fully saturated rings. The van der Waals surface area contributed by atoms with E-state index in [-0.39, 0.29) is 6.61 Å². The number of hydrogen-bond donors (Lipinski definition) is 2. The van der Waals surface area contributed by atoms with Gasteiger partial charge < -0.3 is 14.6 Å². The van der Waals surface area contributed by atoms with E-state index in [1.165, 1.54) is 0 Å². The van der Waals surface area contributed by atoms with Gasteiger partial charge in [-0.1, -0.05) is 6.92 Å². The Balaban J connectivity index is 2.60. The van der Waals surface area contributed by atoms with E-state index < -0.39 is 11.5 Å². The van der Waals surface area contributed by atoms with Crippen molar-refractivity contribution < 1.29 is 19.4 Å². The van der Waals surface area contributed by atoms with Crippen molar-refractivity contribution in [2.75, 3.05) is 19.8 Å². The third-order valence-corrected chi connectivity index (χ3v) is 2.90. The Morgan fingerprint density at radius 2 is 1.75 bits per heavy atom. The monoisotopic (exact) mass is 281 g/mol. The summed E-state index contributed by atoms with van der Waals surface area (Å²) in [5.41, 5.74) is -1.09. The van der Waals surface area contributed by atoms with Gasteiger partial charge in [-0.2, -0.15) is 0 Å². The van der Waals surface area contributed by atoms with Crippen molar-refractivity contribution >= 4 is 5.97 Å². The highest BCUT2D eigenvalue weighted by Crippen LogP contribution is 2.18. The van der Waals surface area contributed by atoms with Crippen LogP contribution in [-0.2, 0) is 4.79 Å². The van der Waals surface area contributed by atoms with Crippen LogP contribution in [0.3, 0.4) is 0 Å². The van der Waals surface area contributed by atoms with Gasteiger partial charge in [0.25, 0.3) is 0 Å². The summed E-state index contributed by atoms with van der Waals surface area (Å²) in [7, 11) is 0. The van der Waals surface area contributed by atoms with Gasteiger partial charge in [0.05, 0.1) is 6.61 Å². The van der Waals surface area contributed by atoms with E-state index in [9.17, 15) is 9.90 Å². The number of hydrogen-bond acceptors (Lipinski definition) is 4. The Bertz CT molecular complexity index is 418. The maximum Gasteiger partial charge on any atom is 0.327 e. The lowest BCUT2D eigenvalue weighted by atomic mass is 10.0. The van der Waals surface area contributed by atoms with E-state index in [2.05, 4.69) is 5.32 Å². The SMILES string of the molecule is CCCNC(C)(COc1ccc(OCC)cc1)C(=O)O. The summed E-state index contributed by atoms with van der Waals surface area (Å²) in [5, 5.41) is 12.3. The Hall–Kier alpha value is -1.75. The number of carboxylic acid groups (broad SMARTS) is 1. The normalized spacial score (nSPS) is 13.6. The van der Waals surface area contributed by atoms with Crippen molar-refractivity contribution in [3.05, 3.63) is 24.3 Å². The number of nitrogens with one attached hydrogen (secondary N) is 1. The maximum atomic E-state index is 11.3. The minimum atomic E-state index is -1.09. The predicted octanol–water partition coefficient (Wildman–Crippen LogP) is 2.31. The second-order valence-corrected chi connectivity index (χ2v) is 4.76. The molecule has 0 radical (unpaired) electrons. The molecule has 20 heavy (non-hydrogen) atoms. The molecule has 1 aromatic carbocycles. The van der Waals surface area contributed by atoms with Gasteiger partial charge in [0.2, 0.25) is 0 Å². The summed E-state index contributed by atoms with van der Waals surface area (Å²) in [5.74, 6) is 0.473. The van der Waals surface area contributed by atoms with Gasteiger partial charge in [-0.15, -0.1) is 0 Å². The highest BCUT2D eigenvalue weighted by atomic mass is 16.5. The van der Waals surface area contributed by atoms with Gasteiger partial charge in [0, 0.05) is 0 Å². The molecule has 1 unspecified atom stereocenters. The van der Waals surface area contributed by atoms with Crippen molar-refractivity contribution in [2.24, 2.45) is 0 Å². The standard InChI is InChI=1S/C15H23NO4/c1-4-10-16-15(3,14(17)18)11-20-13-8-6-12(7-9-13)19-5-2/h6-9,16H,4-5,10-11H2,1-3H3,(H,17,18). The zero-order valence-electron chi connectivity index (χ0n) is 12.3. The first-order chi connectivity index (χ1) is 9.51. The summed E-state index contributed by atoms with van der Waals surface area (Å²) in [4.78, 5) is 11.3. The summed E-state index contributed by atoms with van der Waals surface area (Å²) in [6.07, 6.45) is 0.867. The second-order valence-electron chi connectivity index (χ2n) is 4.76. The van der Waals surface area contributed by atoms with Crippen LogP contribution < -0.4 is 14.8 Å². The van der Waals surface area contributed by atoms with Gasteiger partial charge in [-0.25, -0.2) is 0 Å². The molecule has 1 aromatic rings. The van der Waals surface area contributed by atoms with Crippen LogP contribution in [0.25, 0.3) is 0 Å². The van der Waals surface area contributed by atoms with Crippen molar-refractivity contribution in [2.45, 2.75) is 32.7 Å². The molecule has 5 nitrogen and oxygen atoms in total. The third kappa shape index (κ3) is 4.74. The first-order valence-corrected chi connectivity index (χ1v) is 6.86. The molecule has 2 N–H and O–H groups in total. The molecule has 0 aliphatic heterocycles. The quantitative estimate of drug-likeness (QED) is 0.727. The van der Waals surface area contributed by atoms with Crippen molar-refractivity contribution in [3.8, 4) is 11.5 Å². The minimum Gasteiger partial charge on any atom is -0.494 e. The van der Waals surface area contributed by atoms with Gasteiger partial charge in [-0.05, 0) is 51.1 Å². The lowest BCUT2D eigenvalue weighted by molar-refractivity contribution is -0.145. The molecule has 5 heteroatoms. The fourth-order valence-electron chi connectivity index (χ4n) is 1.62. The largest absolute Gasteiger partial charge is 0.494 e. The average Bonchev–Trinajstić information content (AvgIpc) is 2.44. The maximum absolute atomic E-state index is 11.3. The molecule has 112 valence electrons. The molecule has 0 amide bonds. The summed E-state index contributed by atoms with van der Waals surface area (Å²) in [6, 6.07) is 7.15. The number of aliphatic carboxylic acids is 1. The van der Waals surface area contributed by atoms with Gasteiger partial charge in [-0.3, -0.25) is 10.1 Å². The number of benzene rings is 1. The lowest BCUT2D eigenvalue weighted by Gasteiger charge is -2.26. The van der Waals surface area contributed by atoms with E-state index in [0.29, 0.717) is 18.9 Å². The number of carbonyl (C=O) groups is 1. The smallest absolute Gasteiger partial charge is 0.327 e. The van der Waals surface area contributed by atoms with E-state index in [0.717, 1.165) is 12.2 Å². The molecule has 0 aromatic heterocycles. The third-order valence-electron chi connectivity index (χ3n) is 2.90. The fourth-order valence-corrected chi connectivity index (χ4v) is 1.62. The van der Waals surface area contributed by atoms with Gasteiger partial charge in [0.1, 0.15) is 23.6 Å². The Kier molecular flexibility index (Phi) is 6.31. The molecule has 0 bridgehead atoms. The second kappa shape index (κ2) is 7.75. The van der Waals surface area contributed by atoms with Gasteiger partial charge >= 0.3 is 5.97 Å². The van der Waals surface area contributed by atoms with E-state index in [1.54, 1.807) is 31.2 Å². The van der Waals surface area contributed by atoms with Crippen LogP contribution >= 0.6 is 0 Å². The predicted molar refractivity (Wildman–Crippen MR) is 77.4 cm³/mol. The van der Waals surface area contributed by atoms with Crippen LogP contribution in [0.2, 0.25) is 0 Å².